The van der Waals surface area contributed by atoms with Gasteiger partial charge in [0.1, 0.15) is 0 Å². The molecule has 0 nitrogen and oxygen atoms in total. The fourth-order valence-electron chi connectivity index (χ4n) is 8.41. The fraction of sp³-hybridized carbons (Fsp3) is 0.429. The van der Waals surface area contributed by atoms with Crippen LogP contribution in [-0.2, 0) is 25.7 Å². The molecule has 0 radical (unpaired) electrons. The normalized spacial score (nSPS) is 11.5. The van der Waals surface area contributed by atoms with Crippen LogP contribution in [0.2, 0.25) is 0 Å². The zero-order valence-electron chi connectivity index (χ0n) is 39.2. The molecule has 0 saturated carbocycles. The topological polar surface area (TPSA) is 0 Å². The molecule has 352 valence electrons. The van der Waals surface area contributed by atoms with E-state index in [9.17, 15) is 0 Å². The second-order valence-corrected chi connectivity index (χ2v) is 28.3. The first-order chi connectivity index (χ1) is 32.4. The predicted molar refractivity (Wildman–Crippen MR) is 315 cm³/mol. The lowest BCUT2D eigenvalue weighted by Crippen LogP contribution is -1.89. The van der Waals surface area contributed by atoms with E-state index in [0.29, 0.717) is 0 Å². The maximum Gasteiger partial charge on any atom is 0.0705 e. The van der Waals surface area contributed by atoms with Gasteiger partial charge in [-0.05, 0) is 177 Å². The maximum atomic E-state index is 3.67. The Balaban J connectivity index is 0.000000197. The molecule has 0 atom stereocenters. The molecule has 0 amide bonds. The minimum absolute atomic E-state index is 1.19. The van der Waals surface area contributed by atoms with E-state index < -0.39 is 0 Å². The summed E-state index contributed by atoms with van der Waals surface area (Å²) in [4.78, 5) is 17.4. The molecule has 10 heteroatoms. The lowest BCUT2D eigenvalue weighted by molar-refractivity contribution is 0.666. The lowest BCUT2D eigenvalue weighted by Gasteiger charge is -2.06. The summed E-state index contributed by atoms with van der Waals surface area (Å²) in [6.45, 7) is 9.19. The van der Waals surface area contributed by atoms with Crippen LogP contribution in [0.5, 0.6) is 0 Å². The Bertz CT molecular complexity index is 2410. The van der Waals surface area contributed by atoms with Gasteiger partial charge < -0.3 is 0 Å². The van der Waals surface area contributed by atoms with Crippen molar-refractivity contribution in [3.05, 3.63) is 113 Å². The second kappa shape index (κ2) is 27.8. The molecule has 0 aliphatic rings. The van der Waals surface area contributed by atoms with E-state index in [4.69, 9.17) is 0 Å². The first kappa shape index (κ1) is 52.4. The van der Waals surface area contributed by atoms with E-state index in [0.717, 1.165) is 0 Å². The molecule has 8 aromatic rings. The molecule has 8 aromatic heterocycles. The summed E-state index contributed by atoms with van der Waals surface area (Å²) in [6.07, 6.45) is 25.8. The Morgan fingerprint density at radius 1 is 0.318 bits per heavy atom. The van der Waals surface area contributed by atoms with E-state index in [1.165, 1.54) is 185 Å². The molecule has 0 unspecified atom stereocenters. The Labute approximate surface area is 445 Å². The van der Waals surface area contributed by atoms with E-state index in [1.807, 2.05) is 90.7 Å². The first-order valence-electron chi connectivity index (χ1n) is 24.5. The summed E-state index contributed by atoms with van der Waals surface area (Å²) in [5.41, 5.74) is 6.25. The summed E-state index contributed by atoms with van der Waals surface area (Å²) in [7, 11) is 0. The van der Waals surface area contributed by atoms with Crippen LogP contribution in [0.15, 0.2) is 91.1 Å². The van der Waals surface area contributed by atoms with Gasteiger partial charge in [0.05, 0.1) is 7.57 Å². The Morgan fingerprint density at radius 2 is 0.621 bits per heavy atom. The summed E-state index contributed by atoms with van der Waals surface area (Å²) in [5, 5.41) is 4.41. The summed E-state index contributed by atoms with van der Waals surface area (Å²) < 4.78 is 2.42. The highest BCUT2D eigenvalue weighted by atomic mass is 79.9. The zero-order chi connectivity index (χ0) is 46.1. The van der Waals surface area contributed by atoms with Crippen molar-refractivity contribution in [2.45, 2.75) is 156 Å². The Kier molecular flexibility index (Phi) is 22.1. The fourth-order valence-corrected chi connectivity index (χ4v) is 18.2. The lowest BCUT2D eigenvalue weighted by atomic mass is 10.0. The third-order valence-electron chi connectivity index (χ3n) is 12.0. The molecule has 0 fully saturated rings. The van der Waals surface area contributed by atoms with Crippen LogP contribution < -0.4 is 0 Å². The van der Waals surface area contributed by atoms with Crippen LogP contribution in [0.4, 0.5) is 0 Å². The number of hydrogen-bond acceptors (Lipinski definition) is 8. The van der Waals surface area contributed by atoms with E-state index >= 15 is 0 Å². The highest BCUT2D eigenvalue weighted by molar-refractivity contribution is 9.11. The number of hydrogen-bond donors (Lipinski definition) is 0. The summed E-state index contributed by atoms with van der Waals surface area (Å²) in [6, 6.07) is 27.8. The molecule has 0 bridgehead atoms. The third-order valence-corrected chi connectivity index (χ3v) is 22.8. The molecule has 0 N–H and O–H groups in total. The van der Waals surface area contributed by atoms with Crippen molar-refractivity contribution in [2.24, 2.45) is 0 Å². The summed E-state index contributed by atoms with van der Waals surface area (Å²) in [5.74, 6) is 0. The first-order valence-corrected chi connectivity index (χ1v) is 32.7. The molecule has 8 heterocycles. The van der Waals surface area contributed by atoms with Gasteiger partial charge in [-0.15, -0.1) is 90.7 Å². The van der Waals surface area contributed by atoms with Gasteiger partial charge in [0.15, 0.2) is 0 Å². The number of rotatable bonds is 26. The number of halogens is 2. The van der Waals surface area contributed by atoms with Crippen molar-refractivity contribution in [1.29, 1.82) is 0 Å². The molecular weight excluding hydrogens is 1090 g/mol. The molecule has 0 spiro atoms. The van der Waals surface area contributed by atoms with Crippen molar-refractivity contribution < 1.29 is 0 Å². The van der Waals surface area contributed by atoms with Crippen LogP contribution >= 0.6 is 123 Å². The quantitative estimate of drug-likeness (QED) is 0.0474. The second-order valence-electron chi connectivity index (χ2n) is 17.3. The SMILES string of the molecule is CCCCCCc1cc(-c2ccc(Br)s2)sc1-c1sc(-c2ccc(Br)s2)cc1CCCCCC.CCCCCCc1cc(-c2cccs2)sc1-c1sc(-c2cccs2)cc1CCCCCC. The van der Waals surface area contributed by atoms with Crippen LogP contribution in [0.3, 0.4) is 0 Å². The van der Waals surface area contributed by atoms with E-state index in [-0.39, 0.29) is 0 Å². The Hall–Kier alpha value is -1.44. The molecule has 8 rings (SSSR count). The smallest absolute Gasteiger partial charge is 0.0705 e. The van der Waals surface area contributed by atoms with Crippen LogP contribution in [-0.4, -0.2) is 0 Å². The average molecular weight is 1160 g/mol. The third kappa shape index (κ3) is 14.8. The highest BCUT2D eigenvalue weighted by Crippen LogP contribution is 2.50. The molecule has 66 heavy (non-hydrogen) atoms. The zero-order valence-corrected chi connectivity index (χ0v) is 49.0. The minimum atomic E-state index is 1.19. The molecule has 0 saturated heterocycles. The largest absolute Gasteiger partial charge is 0.143 e. The minimum Gasteiger partial charge on any atom is -0.143 e. The number of thiophene rings is 8. The van der Waals surface area contributed by atoms with Crippen LogP contribution in [0.25, 0.3) is 58.5 Å². The van der Waals surface area contributed by atoms with Crippen molar-refractivity contribution in [1.82, 2.24) is 0 Å². The van der Waals surface area contributed by atoms with Gasteiger partial charge in [-0.25, -0.2) is 0 Å². The van der Waals surface area contributed by atoms with Crippen molar-refractivity contribution in [3.63, 3.8) is 0 Å². The van der Waals surface area contributed by atoms with Crippen LogP contribution in [0.1, 0.15) is 153 Å². The highest BCUT2D eigenvalue weighted by Gasteiger charge is 2.22. The van der Waals surface area contributed by atoms with Crippen molar-refractivity contribution in [2.75, 3.05) is 0 Å². The van der Waals surface area contributed by atoms with Crippen molar-refractivity contribution in [3.8, 4) is 58.5 Å². The molecular formula is C56H66Br2S8. The van der Waals surface area contributed by atoms with Gasteiger partial charge in [0.25, 0.3) is 0 Å². The average Bonchev–Trinajstić information content (AvgIpc) is 4.17. The van der Waals surface area contributed by atoms with Gasteiger partial charge in [-0.1, -0.05) is 117 Å². The number of unbranched alkanes of at least 4 members (excludes halogenated alkanes) is 12. The van der Waals surface area contributed by atoms with Crippen LogP contribution in [0, 0.1) is 0 Å². The van der Waals surface area contributed by atoms with Crippen molar-refractivity contribution >= 4 is 123 Å². The van der Waals surface area contributed by atoms with Gasteiger partial charge >= 0.3 is 0 Å². The van der Waals surface area contributed by atoms with E-state index in [2.05, 4.69) is 143 Å². The predicted octanol–water partition coefficient (Wildman–Crippen LogP) is 23.9. The molecule has 0 aliphatic heterocycles. The van der Waals surface area contributed by atoms with Gasteiger partial charge in [-0.3, -0.25) is 0 Å². The van der Waals surface area contributed by atoms with Gasteiger partial charge in [0.2, 0.25) is 0 Å². The van der Waals surface area contributed by atoms with E-state index in [1.54, 1.807) is 32.0 Å². The Morgan fingerprint density at radius 3 is 0.864 bits per heavy atom. The number of aryl methyl sites for hydroxylation is 4. The molecule has 0 aromatic carbocycles. The summed E-state index contributed by atoms with van der Waals surface area (Å²) >= 11 is 22.8. The van der Waals surface area contributed by atoms with Gasteiger partial charge in [0, 0.05) is 58.5 Å². The van der Waals surface area contributed by atoms with Gasteiger partial charge in [-0.2, -0.15) is 0 Å². The monoisotopic (exact) mass is 1150 g/mol. The molecule has 0 aliphatic carbocycles. The maximum absolute atomic E-state index is 3.67. The standard InChI is InChI=1S/C28H32Br2S4.C28H34S4/c1-3-5-7-9-11-19-17-23(21-13-15-25(29)31-21)33-27(19)28-20(12-10-8-6-4-2)18-24(34-28)22-14-16-26(30)32-22;1-3-5-7-9-13-21-19-25(23-15-11-17-29-23)31-27(21)28-22(14-10-8-6-4-2)20-26(32-28)24-16-12-18-30-24/h13-18H,3-12H2,1-2H3;11-12,15-20H,3-10,13-14H2,1-2H3.